The number of pyridine rings is 1. The van der Waals surface area contributed by atoms with Gasteiger partial charge in [-0.15, -0.1) is 0 Å². The van der Waals surface area contributed by atoms with Gasteiger partial charge in [0.05, 0.1) is 18.0 Å². The van der Waals surface area contributed by atoms with Crippen LogP contribution in [0.4, 0.5) is 5.69 Å². The van der Waals surface area contributed by atoms with Gasteiger partial charge in [0.2, 0.25) is 5.65 Å². The highest BCUT2D eigenvalue weighted by molar-refractivity contribution is 6.02. The number of fused-ring (bicyclic) bond motifs is 1. The quantitative estimate of drug-likeness (QED) is 0.745. The molecule has 0 aliphatic rings. The number of nitrogens with two attached hydrogens (primary N) is 1. The zero-order valence-electron chi connectivity index (χ0n) is 8.85. The van der Waals surface area contributed by atoms with Gasteiger partial charge < -0.3 is 10.5 Å². The summed E-state index contributed by atoms with van der Waals surface area (Å²) in [5.41, 5.74) is 7.18. The molecular weight excluding hydrogens is 212 g/mol. The third-order valence-corrected chi connectivity index (χ3v) is 2.11. The number of nitrogen functional groups attached to an aromatic ring is 1. The Balaban J connectivity index is 2.63. The number of hydrogen-bond donors (Lipinski definition) is 1. The van der Waals surface area contributed by atoms with E-state index in [1.54, 1.807) is 13.8 Å². The van der Waals surface area contributed by atoms with E-state index >= 15 is 0 Å². The fourth-order valence-corrected chi connectivity index (χ4v) is 1.42. The molecule has 0 fully saturated rings. The van der Waals surface area contributed by atoms with Crippen molar-refractivity contribution in [3.8, 4) is 0 Å². The molecule has 0 spiro atoms. The first-order chi connectivity index (χ1) is 7.65. The molecule has 7 heteroatoms. The maximum absolute atomic E-state index is 11.6. The summed E-state index contributed by atoms with van der Waals surface area (Å²) in [7, 11) is 0. The van der Waals surface area contributed by atoms with Crippen LogP contribution >= 0.6 is 0 Å². The summed E-state index contributed by atoms with van der Waals surface area (Å²) in [5, 5.41) is 7.14. The lowest BCUT2D eigenvalue weighted by Gasteiger charge is -2.06. The lowest BCUT2D eigenvalue weighted by Crippen LogP contribution is -2.11. The largest absolute Gasteiger partial charge is 0.462 e. The summed E-state index contributed by atoms with van der Waals surface area (Å²) in [4.78, 5) is 15.7. The average Bonchev–Trinajstić information content (AvgIpc) is 2.66. The van der Waals surface area contributed by atoms with Gasteiger partial charge in [-0.2, -0.15) is 0 Å². The van der Waals surface area contributed by atoms with Crippen molar-refractivity contribution in [1.82, 2.24) is 15.3 Å². The van der Waals surface area contributed by atoms with Crippen LogP contribution in [-0.4, -0.2) is 27.9 Å². The van der Waals surface area contributed by atoms with Gasteiger partial charge in [-0.1, -0.05) is 0 Å². The van der Waals surface area contributed by atoms with Crippen molar-refractivity contribution in [3.05, 3.63) is 11.3 Å². The lowest BCUT2D eigenvalue weighted by atomic mass is 10.1. The minimum Gasteiger partial charge on any atom is -0.462 e. The van der Waals surface area contributed by atoms with Crippen LogP contribution in [0.5, 0.6) is 0 Å². The maximum Gasteiger partial charge on any atom is 0.342 e. The Bertz CT molecular complexity index is 549. The van der Waals surface area contributed by atoms with E-state index in [4.69, 9.17) is 10.5 Å². The molecule has 0 aliphatic carbocycles. The SMILES string of the molecule is CCOC(=O)c1c(C)nc2nonc2c1N. The van der Waals surface area contributed by atoms with Crippen LogP contribution in [0.1, 0.15) is 23.0 Å². The molecule has 0 unspecified atom stereocenters. The van der Waals surface area contributed by atoms with Crippen molar-refractivity contribution in [3.63, 3.8) is 0 Å². The molecule has 2 N–H and O–H groups in total. The first-order valence-electron chi connectivity index (χ1n) is 4.70. The van der Waals surface area contributed by atoms with Crippen LogP contribution < -0.4 is 5.73 Å². The summed E-state index contributed by atoms with van der Waals surface area (Å²) in [6.07, 6.45) is 0. The van der Waals surface area contributed by atoms with E-state index in [2.05, 4.69) is 19.9 Å². The molecule has 16 heavy (non-hydrogen) atoms. The molecule has 2 heterocycles. The average molecular weight is 222 g/mol. The van der Waals surface area contributed by atoms with Gasteiger partial charge >= 0.3 is 5.97 Å². The number of nitrogens with zero attached hydrogens (tertiary/aromatic N) is 3. The number of aryl methyl sites for hydroxylation is 1. The van der Waals surface area contributed by atoms with E-state index < -0.39 is 5.97 Å². The lowest BCUT2D eigenvalue weighted by molar-refractivity contribution is 0.0526. The van der Waals surface area contributed by atoms with Gasteiger partial charge in [0.1, 0.15) is 5.56 Å². The molecule has 84 valence electrons. The van der Waals surface area contributed by atoms with E-state index in [1.165, 1.54) is 0 Å². The fourth-order valence-electron chi connectivity index (χ4n) is 1.42. The number of aromatic nitrogens is 3. The fraction of sp³-hybridized carbons (Fsp3) is 0.333. The molecule has 2 aromatic heterocycles. The molecular formula is C9H10N4O3. The molecule has 0 aromatic carbocycles. The third-order valence-electron chi connectivity index (χ3n) is 2.11. The Hall–Kier alpha value is -2.18. The molecule has 0 bridgehead atoms. The van der Waals surface area contributed by atoms with Crippen molar-refractivity contribution in [2.45, 2.75) is 13.8 Å². The number of carbonyl (C=O) groups excluding carboxylic acids is 1. The van der Waals surface area contributed by atoms with E-state index in [-0.39, 0.29) is 29.0 Å². The number of ether oxygens (including phenoxy) is 1. The second-order valence-electron chi connectivity index (χ2n) is 3.14. The Morgan fingerprint density at radius 1 is 1.50 bits per heavy atom. The van der Waals surface area contributed by atoms with E-state index in [0.29, 0.717) is 5.69 Å². The smallest absolute Gasteiger partial charge is 0.342 e. The highest BCUT2D eigenvalue weighted by atomic mass is 16.6. The normalized spacial score (nSPS) is 10.6. The number of hydrogen-bond acceptors (Lipinski definition) is 7. The molecule has 2 aromatic rings. The highest BCUT2D eigenvalue weighted by Gasteiger charge is 2.20. The Labute approximate surface area is 90.5 Å². The van der Waals surface area contributed by atoms with E-state index in [9.17, 15) is 4.79 Å². The standard InChI is InChI=1S/C9H10N4O3/c1-3-15-9(14)5-4(2)11-8-7(6(5)10)12-16-13-8/h3,10H2,1-2H3. The van der Waals surface area contributed by atoms with Gasteiger partial charge in [0, 0.05) is 0 Å². The molecule has 0 saturated carbocycles. The first kappa shape index (κ1) is 10.3. The van der Waals surface area contributed by atoms with E-state index in [1.807, 2.05) is 0 Å². The predicted octanol–water partition coefficient (Wildman–Crippen LogP) is 0.685. The van der Waals surface area contributed by atoms with Crippen molar-refractivity contribution in [2.75, 3.05) is 12.3 Å². The van der Waals surface area contributed by atoms with Gasteiger partial charge in [-0.05, 0) is 24.2 Å². The van der Waals surface area contributed by atoms with Crippen molar-refractivity contribution in [1.29, 1.82) is 0 Å². The second-order valence-corrected chi connectivity index (χ2v) is 3.14. The monoisotopic (exact) mass is 222 g/mol. The van der Waals surface area contributed by atoms with Gasteiger partial charge in [-0.3, -0.25) is 0 Å². The van der Waals surface area contributed by atoms with Crippen molar-refractivity contribution in [2.24, 2.45) is 0 Å². The molecule has 0 atom stereocenters. The zero-order valence-corrected chi connectivity index (χ0v) is 8.85. The van der Waals surface area contributed by atoms with Crippen LogP contribution in [0.15, 0.2) is 4.63 Å². The van der Waals surface area contributed by atoms with Crippen molar-refractivity contribution >= 4 is 22.8 Å². The summed E-state index contributed by atoms with van der Waals surface area (Å²) in [6, 6.07) is 0. The van der Waals surface area contributed by atoms with Crippen LogP contribution in [0.3, 0.4) is 0 Å². The Morgan fingerprint density at radius 3 is 2.94 bits per heavy atom. The second kappa shape index (κ2) is 3.76. The molecule has 0 aliphatic heterocycles. The molecule has 7 nitrogen and oxygen atoms in total. The highest BCUT2D eigenvalue weighted by Crippen LogP contribution is 2.23. The minimum atomic E-state index is -0.519. The summed E-state index contributed by atoms with van der Waals surface area (Å²) >= 11 is 0. The number of rotatable bonds is 2. The van der Waals surface area contributed by atoms with Gasteiger partial charge in [0.15, 0.2) is 5.52 Å². The Morgan fingerprint density at radius 2 is 2.25 bits per heavy atom. The number of esters is 1. The molecule has 0 amide bonds. The van der Waals surface area contributed by atoms with Crippen LogP contribution in [0.25, 0.3) is 11.2 Å². The summed E-state index contributed by atoms with van der Waals surface area (Å²) in [5.74, 6) is -0.519. The molecule has 2 rings (SSSR count). The topological polar surface area (TPSA) is 104 Å². The number of anilines is 1. The molecule has 0 saturated heterocycles. The zero-order chi connectivity index (χ0) is 11.7. The summed E-state index contributed by atoms with van der Waals surface area (Å²) < 4.78 is 9.38. The third kappa shape index (κ3) is 1.46. The van der Waals surface area contributed by atoms with Crippen LogP contribution in [0.2, 0.25) is 0 Å². The van der Waals surface area contributed by atoms with Crippen LogP contribution in [-0.2, 0) is 4.74 Å². The first-order valence-corrected chi connectivity index (χ1v) is 4.70. The minimum absolute atomic E-state index is 0.183. The van der Waals surface area contributed by atoms with Gasteiger partial charge in [-0.25, -0.2) is 14.4 Å². The maximum atomic E-state index is 11.6. The number of carbonyl (C=O) groups is 1. The predicted molar refractivity (Wildman–Crippen MR) is 54.7 cm³/mol. The van der Waals surface area contributed by atoms with Gasteiger partial charge in [0.25, 0.3) is 0 Å². The molecule has 0 radical (unpaired) electrons. The van der Waals surface area contributed by atoms with E-state index in [0.717, 1.165) is 0 Å². The Kier molecular flexibility index (Phi) is 2.43. The van der Waals surface area contributed by atoms with Crippen LogP contribution in [0, 0.1) is 6.92 Å². The summed E-state index contributed by atoms with van der Waals surface area (Å²) in [6.45, 7) is 3.64. The van der Waals surface area contributed by atoms with Crippen molar-refractivity contribution < 1.29 is 14.2 Å².